The fraction of sp³-hybridized carbons (Fsp3) is 0.0714. The summed E-state index contributed by atoms with van der Waals surface area (Å²) in [5.74, 6) is 0. The molecule has 0 saturated carbocycles. The maximum Gasteiger partial charge on any atom is 0.124 e. The summed E-state index contributed by atoms with van der Waals surface area (Å²) in [6.45, 7) is 2.03. The van der Waals surface area contributed by atoms with Crippen molar-refractivity contribution >= 4 is 11.3 Å². The average molecular weight is 253 g/mol. The molecule has 0 spiro atoms. The van der Waals surface area contributed by atoms with Crippen molar-refractivity contribution in [2.24, 2.45) is 0 Å². The Bertz CT molecular complexity index is 647. The minimum atomic E-state index is 1.02. The van der Waals surface area contributed by atoms with Crippen LogP contribution in [0.4, 0.5) is 0 Å². The molecule has 0 aromatic carbocycles. The Labute approximate surface area is 109 Å². The number of thiazole rings is 1. The van der Waals surface area contributed by atoms with Crippen molar-refractivity contribution < 1.29 is 0 Å². The Balaban J connectivity index is 2.07. The van der Waals surface area contributed by atoms with E-state index in [9.17, 15) is 0 Å². The number of hydrogen-bond donors (Lipinski definition) is 0. The third-order valence-electron chi connectivity index (χ3n) is 2.65. The fourth-order valence-corrected chi connectivity index (χ4v) is 2.84. The van der Waals surface area contributed by atoms with Gasteiger partial charge in [-0.15, -0.1) is 11.3 Å². The van der Waals surface area contributed by atoms with E-state index >= 15 is 0 Å². The Morgan fingerprint density at radius 1 is 0.944 bits per heavy atom. The van der Waals surface area contributed by atoms with E-state index in [0.29, 0.717) is 0 Å². The standard InChI is InChI=1S/C14H11N3S/c1-10-13(12-3-2-6-16-9-12)18-14(17-10)11-4-7-15-8-5-11/h2-9H,1H3. The van der Waals surface area contributed by atoms with Gasteiger partial charge in [0, 0.05) is 35.9 Å². The Morgan fingerprint density at radius 2 is 1.78 bits per heavy atom. The lowest BCUT2D eigenvalue weighted by Gasteiger charge is -1.95. The van der Waals surface area contributed by atoms with E-state index in [2.05, 4.69) is 21.0 Å². The molecule has 88 valence electrons. The van der Waals surface area contributed by atoms with E-state index in [1.165, 1.54) is 4.88 Å². The van der Waals surface area contributed by atoms with Crippen molar-refractivity contribution in [3.8, 4) is 21.0 Å². The van der Waals surface area contributed by atoms with Gasteiger partial charge >= 0.3 is 0 Å². The van der Waals surface area contributed by atoms with E-state index in [0.717, 1.165) is 21.8 Å². The third-order valence-corrected chi connectivity index (χ3v) is 3.90. The molecule has 0 fully saturated rings. The number of aromatic nitrogens is 3. The lowest BCUT2D eigenvalue weighted by Crippen LogP contribution is -1.79. The predicted octanol–water partition coefficient (Wildman–Crippen LogP) is 3.58. The van der Waals surface area contributed by atoms with Crippen LogP contribution in [0.1, 0.15) is 5.69 Å². The van der Waals surface area contributed by atoms with Gasteiger partial charge < -0.3 is 0 Å². The molecule has 0 amide bonds. The predicted molar refractivity (Wildman–Crippen MR) is 73.3 cm³/mol. The van der Waals surface area contributed by atoms with Crippen LogP contribution in [0.2, 0.25) is 0 Å². The second kappa shape index (κ2) is 4.66. The van der Waals surface area contributed by atoms with Crippen LogP contribution in [0.25, 0.3) is 21.0 Å². The average Bonchev–Trinajstić information content (AvgIpc) is 2.83. The number of rotatable bonds is 2. The first-order valence-corrected chi connectivity index (χ1v) is 6.44. The summed E-state index contributed by atoms with van der Waals surface area (Å²) in [6, 6.07) is 7.96. The van der Waals surface area contributed by atoms with Gasteiger partial charge in [-0.3, -0.25) is 9.97 Å². The molecule has 0 N–H and O–H groups in total. The maximum atomic E-state index is 4.62. The lowest BCUT2D eigenvalue weighted by molar-refractivity contribution is 1.25. The highest BCUT2D eigenvalue weighted by Crippen LogP contribution is 2.34. The van der Waals surface area contributed by atoms with Crippen molar-refractivity contribution in [1.82, 2.24) is 15.0 Å². The molecule has 0 aliphatic heterocycles. The summed E-state index contributed by atoms with van der Waals surface area (Å²) in [5.41, 5.74) is 3.26. The van der Waals surface area contributed by atoms with E-state index < -0.39 is 0 Å². The zero-order chi connectivity index (χ0) is 12.4. The van der Waals surface area contributed by atoms with E-state index in [1.807, 2.05) is 31.3 Å². The molecule has 3 heterocycles. The van der Waals surface area contributed by atoms with Crippen LogP contribution in [-0.4, -0.2) is 15.0 Å². The summed E-state index contributed by atoms with van der Waals surface area (Å²) >= 11 is 1.69. The smallest absolute Gasteiger partial charge is 0.124 e. The van der Waals surface area contributed by atoms with Gasteiger partial charge in [-0.05, 0) is 25.1 Å². The topological polar surface area (TPSA) is 38.7 Å². The van der Waals surface area contributed by atoms with Crippen molar-refractivity contribution in [2.75, 3.05) is 0 Å². The van der Waals surface area contributed by atoms with Crippen LogP contribution in [0.3, 0.4) is 0 Å². The van der Waals surface area contributed by atoms with Crippen LogP contribution in [0.15, 0.2) is 49.1 Å². The molecule has 0 bridgehead atoms. The highest BCUT2D eigenvalue weighted by molar-refractivity contribution is 7.18. The SMILES string of the molecule is Cc1nc(-c2ccncc2)sc1-c1cccnc1. The van der Waals surface area contributed by atoms with Gasteiger partial charge in [-0.1, -0.05) is 6.07 Å². The largest absolute Gasteiger partial charge is 0.265 e. The Morgan fingerprint density at radius 3 is 2.50 bits per heavy atom. The zero-order valence-corrected chi connectivity index (χ0v) is 10.7. The number of pyridine rings is 2. The first-order valence-electron chi connectivity index (χ1n) is 5.63. The van der Waals surface area contributed by atoms with Gasteiger partial charge in [0.2, 0.25) is 0 Å². The third kappa shape index (κ3) is 2.02. The molecule has 0 aliphatic rings. The molecule has 18 heavy (non-hydrogen) atoms. The lowest BCUT2D eigenvalue weighted by atomic mass is 10.2. The van der Waals surface area contributed by atoms with Gasteiger partial charge in [-0.2, -0.15) is 0 Å². The monoisotopic (exact) mass is 253 g/mol. The summed E-state index contributed by atoms with van der Waals surface area (Å²) < 4.78 is 0. The van der Waals surface area contributed by atoms with E-state index in [1.54, 1.807) is 29.9 Å². The molecule has 3 nitrogen and oxygen atoms in total. The van der Waals surface area contributed by atoms with Crippen molar-refractivity contribution in [2.45, 2.75) is 6.92 Å². The van der Waals surface area contributed by atoms with Crippen molar-refractivity contribution in [3.05, 3.63) is 54.7 Å². The second-order valence-corrected chi connectivity index (χ2v) is 4.91. The molecule has 3 rings (SSSR count). The van der Waals surface area contributed by atoms with Crippen LogP contribution in [-0.2, 0) is 0 Å². The molecule has 0 saturated heterocycles. The normalized spacial score (nSPS) is 10.5. The van der Waals surface area contributed by atoms with E-state index in [4.69, 9.17) is 0 Å². The van der Waals surface area contributed by atoms with Crippen LogP contribution < -0.4 is 0 Å². The van der Waals surface area contributed by atoms with Gasteiger partial charge in [0.15, 0.2) is 0 Å². The minimum absolute atomic E-state index is 1.02. The number of hydrogen-bond acceptors (Lipinski definition) is 4. The molecule has 0 aliphatic carbocycles. The van der Waals surface area contributed by atoms with Crippen molar-refractivity contribution in [3.63, 3.8) is 0 Å². The quantitative estimate of drug-likeness (QED) is 0.700. The highest BCUT2D eigenvalue weighted by Gasteiger charge is 2.10. The van der Waals surface area contributed by atoms with Crippen LogP contribution in [0.5, 0.6) is 0 Å². The van der Waals surface area contributed by atoms with Gasteiger partial charge in [0.25, 0.3) is 0 Å². The first-order chi connectivity index (χ1) is 8.84. The molecular weight excluding hydrogens is 242 g/mol. The molecule has 0 atom stereocenters. The van der Waals surface area contributed by atoms with Gasteiger partial charge in [0.1, 0.15) is 5.01 Å². The summed E-state index contributed by atoms with van der Waals surface area (Å²) in [4.78, 5) is 14.0. The number of nitrogens with zero attached hydrogens (tertiary/aromatic N) is 3. The molecule has 3 aromatic rings. The molecule has 0 unspecified atom stereocenters. The molecule has 4 heteroatoms. The summed E-state index contributed by atoms with van der Waals surface area (Å²) in [6.07, 6.45) is 7.23. The van der Waals surface area contributed by atoms with E-state index in [-0.39, 0.29) is 0 Å². The highest BCUT2D eigenvalue weighted by atomic mass is 32.1. The van der Waals surface area contributed by atoms with Gasteiger partial charge in [0.05, 0.1) is 10.6 Å². The maximum absolute atomic E-state index is 4.62. The summed E-state index contributed by atoms with van der Waals surface area (Å²) in [7, 11) is 0. The summed E-state index contributed by atoms with van der Waals surface area (Å²) in [5, 5.41) is 1.02. The Kier molecular flexibility index (Phi) is 2.86. The van der Waals surface area contributed by atoms with Crippen LogP contribution in [0, 0.1) is 6.92 Å². The van der Waals surface area contributed by atoms with Gasteiger partial charge in [-0.25, -0.2) is 4.98 Å². The Hall–Kier alpha value is -2.07. The van der Waals surface area contributed by atoms with Crippen LogP contribution >= 0.6 is 11.3 Å². The minimum Gasteiger partial charge on any atom is -0.265 e. The zero-order valence-electron chi connectivity index (χ0n) is 9.87. The first kappa shape index (κ1) is 11.0. The fourth-order valence-electron chi connectivity index (χ4n) is 1.78. The molecule has 3 aromatic heterocycles. The molecule has 0 radical (unpaired) electrons. The van der Waals surface area contributed by atoms with Crippen molar-refractivity contribution in [1.29, 1.82) is 0 Å². The molecular formula is C14H11N3S. The second-order valence-electron chi connectivity index (χ2n) is 3.91. The number of aryl methyl sites for hydroxylation is 1.